The van der Waals surface area contributed by atoms with Crippen molar-refractivity contribution in [3.05, 3.63) is 70.9 Å². The van der Waals surface area contributed by atoms with Crippen LogP contribution in [0.4, 0.5) is 24.2 Å². The first kappa shape index (κ1) is 27.1. The molecule has 1 heterocycles. The number of carbonyl (C=O) groups excluding carboxylic acids is 2. The molecular weight excluding hydrogens is 498 g/mol. The van der Waals surface area contributed by atoms with Crippen molar-refractivity contribution in [2.24, 2.45) is 0 Å². The highest BCUT2D eigenvalue weighted by molar-refractivity contribution is 6.31. The van der Waals surface area contributed by atoms with Gasteiger partial charge in [0.1, 0.15) is 24.1 Å². The number of anilines is 1. The zero-order valence-electron chi connectivity index (χ0n) is 19.2. The molecule has 1 aromatic heterocycles. The van der Waals surface area contributed by atoms with E-state index in [1.807, 2.05) is 0 Å². The number of aliphatic hydroxyl groups is 2. The van der Waals surface area contributed by atoms with E-state index < -0.39 is 42.5 Å². The predicted molar refractivity (Wildman–Crippen MR) is 130 cm³/mol. The van der Waals surface area contributed by atoms with E-state index >= 15 is 0 Å². The Morgan fingerprint density at radius 3 is 2.72 bits per heavy atom. The van der Waals surface area contributed by atoms with E-state index in [0.29, 0.717) is 16.3 Å². The van der Waals surface area contributed by atoms with Gasteiger partial charge in [-0.3, -0.25) is 5.32 Å². The first-order chi connectivity index (χ1) is 17.2. The van der Waals surface area contributed by atoms with Crippen molar-refractivity contribution < 1.29 is 33.3 Å². The van der Waals surface area contributed by atoms with Crippen LogP contribution in [-0.2, 0) is 11.3 Å². The van der Waals surface area contributed by atoms with E-state index in [9.17, 15) is 28.6 Å². The SMILES string of the molecule is CN(C(=O)NCc1cccc(F)c1Cl)[C@@H](COC(=O)Nc1cc2cc(F)ccc2cn1)C[C@@H](O)CO. The van der Waals surface area contributed by atoms with Crippen LogP contribution in [0.25, 0.3) is 10.8 Å². The summed E-state index contributed by atoms with van der Waals surface area (Å²) in [6.07, 6.45) is -0.691. The summed E-state index contributed by atoms with van der Waals surface area (Å²) in [5, 5.41) is 25.2. The summed E-state index contributed by atoms with van der Waals surface area (Å²) in [7, 11) is 1.41. The Hall–Kier alpha value is -3.54. The van der Waals surface area contributed by atoms with Crippen LogP contribution in [0.1, 0.15) is 12.0 Å². The zero-order valence-corrected chi connectivity index (χ0v) is 20.0. The summed E-state index contributed by atoms with van der Waals surface area (Å²) in [5.41, 5.74) is 0.365. The average molecular weight is 523 g/mol. The number of aromatic nitrogens is 1. The molecule has 3 amide bonds. The molecule has 0 aliphatic heterocycles. The van der Waals surface area contributed by atoms with Gasteiger partial charge in [-0.25, -0.2) is 23.4 Å². The summed E-state index contributed by atoms with van der Waals surface area (Å²) >= 11 is 5.91. The van der Waals surface area contributed by atoms with Crippen LogP contribution in [-0.4, -0.2) is 64.6 Å². The quantitative estimate of drug-likeness (QED) is 0.340. The summed E-state index contributed by atoms with van der Waals surface area (Å²) in [4.78, 5) is 30.2. The van der Waals surface area contributed by atoms with Gasteiger partial charge in [0, 0.05) is 25.2 Å². The highest BCUT2D eigenvalue weighted by atomic mass is 35.5. The molecule has 3 aromatic rings. The Morgan fingerprint density at radius 1 is 1.19 bits per heavy atom. The number of nitrogens with zero attached hydrogens (tertiary/aromatic N) is 2. The Kier molecular flexibility index (Phi) is 9.34. The molecule has 12 heteroatoms. The fourth-order valence-electron chi connectivity index (χ4n) is 3.37. The lowest BCUT2D eigenvalue weighted by Gasteiger charge is -2.29. The number of benzene rings is 2. The Balaban J connectivity index is 1.60. The number of hydrogen-bond donors (Lipinski definition) is 4. The fraction of sp³-hybridized carbons (Fsp3) is 0.292. The molecule has 0 bridgehead atoms. The molecule has 3 rings (SSSR count). The van der Waals surface area contributed by atoms with Crippen LogP contribution in [0.15, 0.2) is 48.7 Å². The third-order valence-corrected chi connectivity index (χ3v) is 5.83. The number of rotatable bonds is 9. The van der Waals surface area contributed by atoms with Crippen molar-refractivity contribution in [2.45, 2.75) is 25.1 Å². The molecule has 0 aliphatic rings. The maximum atomic E-state index is 13.6. The maximum Gasteiger partial charge on any atom is 0.412 e. The van der Waals surface area contributed by atoms with E-state index in [1.165, 1.54) is 48.5 Å². The Labute approximate surface area is 210 Å². The molecule has 2 atom stereocenters. The van der Waals surface area contributed by atoms with Gasteiger partial charge >= 0.3 is 12.1 Å². The van der Waals surface area contributed by atoms with Crippen LogP contribution in [0.5, 0.6) is 0 Å². The second-order valence-corrected chi connectivity index (χ2v) is 8.37. The lowest BCUT2D eigenvalue weighted by molar-refractivity contribution is 0.0480. The van der Waals surface area contributed by atoms with Gasteiger partial charge in [0.05, 0.1) is 23.8 Å². The predicted octanol–water partition coefficient (Wildman–Crippen LogP) is 3.67. The number of aliphatic hydroxyl groups excluding tert-OH is 2. The molecule has 0 unspecified atom stereocenters. The van der Waals surface area contributed by atoms with Crippen molar-refractivity contribution in [3.8, 4) is 0 Å². The molecule has 0 fully saturated rings. The molecule has 9 nitrogen and oxygen atoms in total. The number of amides is 3. The summed E-state index contributed by atoms with van der Waals surface area (Å²) in [6.45, 7) is -0.949. The minimum Gasteiger partial charge on any atom is -0.447 e. The molecule has 0 aliphatic carbocycles. The van der Waals surface area contributed by atoms with Gasteiger partial charge in [-0.05, 0) is 47.7 Å². The second kappa shape index (κ2) is 12.4. The Morgan fingerprint density at radius 2 is 1.97 bits per heavy atom. The first-order valence-corrected chi connectivity index (χ1v) is 11.3. The number of pyridine rings is 1. The molecule has 0 saturated carbocycles. The lowest BCUT2D eigenvalue weighted by Crippen LogP contribution is -2.47. The highest BCUT2D eigenvalue weighted by Gasteiger charge is 2.25. The van der Waals surface area contributed by atoms with E-state index in [4.69, 9.17) is 16.3 Å². The third-order valence-electron chi connectivity index (χ3n) is 5.41. The van der Waals surface area contributed by atoms with Gasteiger partial charge in [0.25, 0.3) is 0 Å². The number of fused-ring (bicyclic) bond motifs is 1. The minimum absolute atomic E-state index is 0.0649. The molecule has 2 aromatic carbocycles. The number of likely N-dealkylation sites (N-methyl/N-ethyl adjacent to an activating group) is 1. The lowest BCUT2D eigenvalue weighted by atomic mass is 10.1. The summed E-state index contributed by atoms with van der Waals surface area (Å²) in [6, 6.07) is 8.41. The van der Waals surface area contributed by atoms with Crippen LogP contribution >= 0.6 is 11.6 Å². The van der Waals surface area contributed by atoms with Gasteiger partial charge in [-0.15, -0.1) is 0 Å². The molecule has 0 spiro atoms. The Bertz CT molecular complexity index is 1230. The van der Waals surface area contributed by atoms with Crippen molar-refractivity contribution >= 4 is 40.3 Å². The number of halogens is 3. The second-order valence-electron chi connectivity index (χ2n) is 7.99. The smallest absolute Gasteiger partial charge is 0.412 e. The number of nitrogens with one attached hydrogen (secondary N) is 2. The monoisotopic (exact) mass is 522 g/mol. The largest absolute Gasteiger partial charge is 0.447 e. The summed E-state index contributed by atoms with van der Waals surface area (Å²) in [5.74, 6) is -0.928. The van der Waals surface area contributed by atoms with E-state index in [-0.39, 0.29) is 30.4 Å². The molecule has 36 heavy (non-hydrogen) atoms. The minimum atomic E-state index is -1.17. The van der Waals surface area contributed by atoms with Crippen LogP contribution in [0.3, 0.4) is 0 Å². The molecule has 0 radical (unpaired) electrons. The number of ether oxygens (including phenoxy) is 1. The van der Waals surface area contributed by atoms with Gasteiger partial charge < -0.3 is 25.2 Å². The standard InChI is InChI=1S/C24H25ClF2N4O5/c1-31(23(34)29-11-15-3-2-4-20(27)22(15)25)18(9-19(33)12-32)13-36-24(35)30-21-8-16-7-17(26)6-5-14(16)10-28-21/h2-8,10,18-19,32-33H,9,11-13H2,1H3,(H,29,34)(H,28,30,35)/t18-,19-/m1/s1. The first-order valence-electron chi connectivity index (χ1n) is 10.9. The van der Waals surface area contributed by atoms with Crippen LogP contribution < -0.4 is 10.6 Å². The van der Waals surface area contributed by atoms with Crippen LogP contribution in [0.2, 0.25) is 5.02 Å². The average Bonchev–Trinajstić information content (AvgIpc) is 2.86. The fourth-order valence-corrected chi connectivity index (χ4v) is 3.56. The van der Waals surface area contributed by atoms with E-state index in [2.05, 4.69) is 15.6 Å². The maximum absolute atomic E-state index is 13.6. The van der Waals surface area contributed by atoms with Gasteiger partial charge in [0.2, 0.25) is 0 Å². The number of carbonyl (C=O) groups is 2. The van der Waals surface area contributed by atoms with Crippen LogP contribution in [0, 0.1) is 11.6 Å². The molecular formula is C24H25ClF2N4O5. The normalized spacial score (nSPS) is 12.6. The molecule has 4 N–H and O–H groups in total. The van der Waals surface area contributed by atoms with Gasteiger partial charge in [-0.1, -0.05) is 23.7 Å². The van der Waals surface area contributed by atoms with Gasteiger partial charge in [-0.2, -0.15) is 0 Å². The van der Waals surface area contributed by atoms with Gasteiger partial charge in [0.15, 0.2) is 0 Å². The number of urea groups is 1. The van der Waals surface area contributed by atoms with Crippen molar-refractivity contribution in [3.63, 3.8) is 0 Å². The van der Waals surface area contributed by atoms with Crippen molar-refractivity contribution in [1.29, 1.82) is 0 Å². The zero-order chi connectivity index (χ0) is 26.2. The number of hydrogen-bond acceptors (Lipinski definition) is 6. The van der Waals surface area contributed by atoms with Crippen molar-refractivity contribution in [2.75, 3.05) is 25.6 Å². The molecule has 192 valence electrons. The third kappa shape index (κ3) is 7.23. The highest BCUT2D eigenvalue weighted by Crippen LogP contribution is 2.20. The van der Waals surface area contributed by atoms with E-state index in [0.717, 1.165) is 0 Å². The summed E-state index contributed by atoms with van der Waals surface area (Å²) < 4.78 is 32.3. The van der Waals surface area contributed by atoms with E-state index in [1.54, 1.807) is 12.1 Å². The molecule has 0 saturated heterocycles. The topological polar surface area (TPSA) is 124 Å². The van der Waals surface area contributed by atoms with Crippen molar-refractivity contribution in [1.82, 2.24) is 15.2 Å².